The number of rotatable bonds is 6. The number of aromatic nitrogens is 7. The van der Waals surface area contributed by atoms with Crippen LogP contribution in [0.15, 0.2) is 43.2 Å². The second-order valence-electron chi connectivity index (χ2n) is 9.01. The molecule has 4 aromatic heterocycles. The van der Waals surface area contributed by atoms with Crippen LogP contribution in [0.1, 0.15) is 12.5 Å². The summed E-state index contributed by atoms with van der Waals surface area (Å²) in [6.07, 6.45) is 6.25. The summed E-state index contributed by atoms with van der Waals surface area (Å²) in [5, 5.41) is 18.2. The minimum Gasteiger partial charge on any atom is -0.377 e. The molecule has 0 amide bonds. The summed E-state index contributed by atoms with van der Waals surface area (Å²) in [5.74, 6) is 0.583. The standard InChI is InChI=1S/C22H20F3N9O/c23-22(24,25)14-31-12-21(13-31,1-2-26)34-9-16(7-29-34)20-30-18(5-19-27-3-4-32(19)20)15-6-28-33(8-15)17-10-35-11-17/h3-9,17H,1,10-14H2. The first-order valence-electron chi connectivity index (χ1n) is 11.0. The van der Waals surface area contributed by atoms with Gasteiger partial charge >= 0.3 is 6.18 Å². The Bertz CT molecular complexity index is 1420. The molecule has 0 aliphatic carbocycles. The molecule has 0 bridgehead atoms. The molecule has 2 fully saturated rings. The zero-order valence-corrected chi connectivity index (χ0v) is 18.4. The van der Waals surface area contributed by atoms with Crippen molar-refractivity contribution in [1.29, 1.82) is 5.26 Å². The lowest BCUT2D eigenvalue weighted by Gasteiger charge is -2.49. The van der Waals surface area contributed by atoms with Gasteiger partial charge in [-0.2, -0.15) is 28.6 Å². The van der Waals surface area contributed by atoms with Crippen LogP contribution < -0.4 is 0 Å². The van der Waals surface area contributed by atoms with Gasteiger partial charge in [0.25, 0.3) is 0 Å². The highest BCUT2D eigenvalue weighted by atomic mass is 19.4. The quantitative estimate of drug-likeness (QED) is 0.415. The van der Waals surface area contributed by atoms with Gasteiger partial charge in [-0.05, 0) is 0 Å². The predicted molar refractivity (Wildman–Crippen MR) is 116 cm³/mol. The number of alkyl halides is 3. The van der Waals surface area contributed by atoms with Crippen molar-refractivity contribution < 1.29 is 17.9 Å². The van der Waals surface area contributed by atoms with Gasteiger partial charge in [0.15, 0.2) is 0 Å². The van der Waals surface area contributed by atoms with Crippen molar-refractivity contribution in [2.45, 2.75) is 24.2 Å². The fourth-order valence-electron chi connectivity index (χ4n) is 4.65. The van der Waals surface area contributed by atoms with Crippen molar-refractivity contribution in [3.8, 4) is 28.7 Å². The van der Waals surface area contributed by atoms with Gasteiger partial charge in [0.2, 0.25) is 0 Å². The van der Waals surface area contributed by atoms with E-state index < -0.39 is 18.3 Å². The molecule has 35 heavy (non-hydrogen) atoms. The Balaban J connectivity index is 1.33. The Morgan fingerprint density at radius 1 is 1.14 bits per heavy atom. The third kappa shape index (κ3) is 3.84. The molecule has 0 radical (unpaired) electrons. The van der Waals surface area contributed by atoms with Gasteiger partial charge in [-0.1, -0.05) is 0 Å². The van der Waals surface area contributed by atoms with Gasteiger partial charge in [0.05, 0.1) is 61.9 Å². The summed E-state index contributed by atoms with van der Waals surface area (Å²) in [6.45, 7) is 0.443. The molecule has 0 atom stereocenters. The molecule has 2 saturated heterocycles. The van der Waals surface area contributed by atoms with E-state index in [2.05, 4.69) is 21.3 Å². The summed E-state index contributed by atoms with van der Waals surface area (Å²) in [6, 6.07) is 4.18. The highest BCUT2D eigenvalue weighted by Crippen LogP contribution is 2.35. The lowest BCUT2D eigenvalue weighted by molar-refractivity contribution is -0.167. The van der Waals surface area contributed by atoms with Crippen molar-refractivity contribution >= 4 is 5.65 Å². The molecular weight excluding hydrogens is 463 g/mol. The number of likely N-dealkylation sites (tertiary alicyclic amines) is 1. The molecule has 0 saturated carbocycles. The molecule has 2 aliphatic heterocycles. The van der Waals surface area contributed by atoms with Crippen molar-refractivity contribution in [2.24, 2.45) is 0 Å². The monoisotopic (exact) mass is 483 g/mol. The highest BCUT2D eigenvalue weighted by Gasteiger charge is 2.48. The zero-order chi connectivity index (χ0) is 24.2. The number of ether oxygens (including phenoxy) is 1. The minimum absolute atomic E-state index is 0.0560. The van der Waals surface area contributed by atoms with Crippen molar-refractivity contribution in [2.75, 3.05) is 32.8 Å². The number of imidazole rings is 1. The van der Waals surface area contributed by atoms with Gasteiger partial charge in [-0.3, -0.25) is 18.7 Å². The van der Waals surface area contributed by atoms with Gasteiger partial charge in [0, 0.05) is 49.5 Å². The van der Waals surface area contributed by atoms with Crippen LogP contribution in [0.5, 0.6) is 0 Å². The number of fused-ring (bicyclic) bond motifs is 1. The topological polar surface area (TPSA) is 102 Å². The van der Waals surface area contributed by atoms with E-state index in [1.807, 2.05) is 21.3 Å². The number of nitrogens with zero attached hydrogens (tertiary/aromatic N) is 9. The highest BCUT2D eigenvalue weighted by molar-refractivity contribution is 5.68. The van der Waals surface area contributed by atoms with Crippen LogP contribution >= 0.6 is 0 Å². The molecule has 0 N–H and O–H groups in total. The second kappa shape index (κ2) is 7.89. The lowest BCUT2D eigenvalue weighted by atomic mass is 9.87. The first kappa shape index (κ1) is 21.8. The summed E-state index contributed by atoms with van der Waals surface area (Å²) >= 11 is 0. The summed E-state index contributed by atoms with van der Waals surface area (Å²) in [7, 11) is 0. The number of nitriles is 1. The molecule has 6 rings (SSSR count). The van der Waals surface area contributed by atoms with Gasteiger partial charge < -0.3 is 4.74 Å². The van der Waals surface area contributed by atoms with Crippen LogP contribution in [0, 0.1) is 11.3 Å². The average molecular weight is 483 g/mol. The average Bonchev–Trinajstić information content (AvgIpc) is 3.49. The van der Waals surface area contributed by atoms with Crippen LogP contribution in [0.3, 0.4) is 0 Å². The van der Waals surface area contributed by atoms with Crippen molar-refractivity contribution in [3.05, 3.63) is 43.2 Å². The number of hydrogen-bond donors (Lipinski definition) is 0. The SMILES string of the molecule is N#CCC1(n2cc(-c3nc(-c4cnn(C5COC5)c4)cc4nccn34)cn2)CN(CC(F)(F)F)C1. The van der Waals surface area contributed by atoms with Crippen molar-refractivity contribution in [1.82, 2.24) is 38.8 Å². The fourth-order valence-corrected chi connectivity index (χ4v) is 4.65. The van der Waals surface area contributed by atoms with E-state index in [1.165, 1.54) is 4.90 Å². The van der Waals surface area contributed by atoms with Crippen LogP contribution in [-0.2, 0) is 10.3 Å². The first-order valence-corrected chi connectivity index (χ1v) is 11.0. The molecule has 0 aromatic carbocycles. The largest absolute Gasteiger partial charge is 0.401 e. The maximum atomic E-state index is 12.8. The van der Waals surface area contributed by atoms with Crippen LogP contribution in [0.25, 0.3) is 28.3 Å². The Kier molecular flexibility index (Phi) is 4.90. The van der Waals surface area contributed by atoms with E-state index in [4.69, 9.17) is 9.72 Å². The maximum absolute atomic E-state index is 12.8. The minimum atomic E-state index is -4.29. The van der Waals surface area contributed by atoms with E-state index >= 15 is 0 Å². The van der Waals surface area contributed by atoms with Crippen LogP contribution in [-0.4, -0.2) is 77.9 Å². The predicted octanol–water partition coefficient (Wildman–Crippen LogP) is 2.51. The van der Waals surface area contributed by atoms with Gasteiger partial charge in [-0.25, -0.2) is 9.97 Å². The molecule has 0 spiro atoms. The van der Waals surface area contributed by atoms with Gasteiger partial charge in [-0.15, -0.1) is 0 Å². The van der Waals surface area contributed by atoms with Crippen LogP contribution in [0.2, 0.25) is 0 Å². The molecular formula is C22H20F3N9O. The number of halogens is 3. The van der Waals surface area contributed by atoms with Gasteiger partial charge in [0.1, 0.15) is 17.0 Å². The molecule has 0 unspecified atom stereocenters. The van der Waals surface area contributed by atoms with E-state index in [0.717, 1.165) is 5.56 Å². The van der Waals surface area contributed by atoms with Crippen LogP contribution in [0.4, 0.5) is 13.2 Å². The maximum Gasteiger partial charge on any atom is 0.401 e. The zero-order valence-electron chi connectivity index (χ0n) is 18.4. The summed E-state index contributed by atoms with van der Waals surface area (Å²) in [5.41, 5.74) is 2.06. The van der Waals surface area contributed by atoms with E-state index in [1.54, 1.807) is 35.7 Å². The third-order valence-electron chi connectivity index (χ3n) is 6.46. The molecule has 180 valence electrons. The normalized spacial score (nSPS) is 18.3. The molecule has 13 heteroatoms. The van der Waals surface area contributed by atoms with E-state index in [9.17, 15) is 18.4 Å². The third-order valence-corrected chi connectivity index (χ3v) is 6.46. The van der Waals surface area contributed by atoms with E-state index in [-0.39, 0.29) is 25.6 Å². The summed E-state index contributed by atoms with van der Waals surface area (Å²) in [4.78, 5) is 10.5. The lowest BCUT2D eigenvalue weighted by Crippen LogP contribution is -2.64. The van der Waals surface area contributed by atoms with Crippen molar-refractivity contribution in [3.63, 3.8) is 0 Å². The molecule has 4 aromatic rings. The molecule has 10 nitrogen and oxygen atoms in total. The molecule has 2 aliphatic rings. The second-order valence-corrected chi connectivity index (χ2v) is 9.01. The first-order chi connectivity index (χ1) is 16.8. The fraction of sp³-hybridized carbons (Fsp3) is 0.409. The molecule has 6 heterocycles. The Morgan fingerprint density at radius 3 is 2.66 bits per heavy atom. The Morgan fingerprint density at radius 2 is 1.94 bits per heavy atom. The van der Waals surface area contributed by atoms with E-state index in [0.29, 0.717) is 35.9 Å². The number of hydrogen-bond acceptors (Lipinski definition) is 7. The summed E-state index contributed by atoms with van der Waals surface area (Å²) < 4.78 is 48.9. The Labute approximate surface area is 197 Å². The smallest absolute Gasteiger partial charge is 0.377 e. The Hall–Kier alpha value is -3.76.